The molecule has 1 N–H and O–H groups in total. The van der Waals surface area contributed by atoms with E-state index in [1.54, 1.807) is 32.1 Å². The van der Waals surface area contributed by atoms with Gasteiger partial charge in [-0.15, -0.1) is 0 Å². The molecule has 37 heavy (non-hydrogen) atoms. The van der Waals surface area contributed by atoms with Crippen molar-refractivity contribution in [2.75, 3.05) is 13.7 Å². The summed E-state index contributed by atoms with van der Waals surface area (Å²) in [5.74, 6) is 0.344. The van der Waals surface area contributed by atoms with Gasteiger partial charge in [-0.1, -0.05) is 39.4 Å². The maximum Gasteiger partial charge on any atom is 0.338 e. The van der Waals surface area contributed by atoms with Crippen LogP contribution in [0.1, 0.15) is 44.9 Å². The van der Waals surface area contributed by atoms with Gasteiger partial charge in [0.2, 0.25) is 0 Å². The summed E-state index contributed by atoms with van der Waals surface area (Å²) in [7, 11) is 1.45. The summed E-state index contributed by atoms with van der Waals surface area (Å²) in [5.41, 5.74) is 1.55. The number of thiazole rings is 1. The second kappa shape index (κ2) is 10.9. The molecule has 10 heteroatoms. The van der Waals surface area contributed by atoms with Crippen molar-refractivity contribution < 1.29 is 24.1 Å². The second-order valence-electron chi connectivity index (χ2n) is 8.58. The molecule has 0 spiro atoms. The van der Waals surface area contributed by atoms with Crippen LogP contribution in [0.3, 0.4) is 0 Å². The molecule has 1 aromatic heterocycles. The summed E-state index contributed by atoms with van der Waals surface area (Å²) >= 11 is 4.58. The Morgan fingerprint density at radius 1 is 1.27 bits per heavy atom. The molecule has 4 rings (SSSR count). The highest BCUT2D eigenvalue weighted by Gasteiger charge is 2.33. The normalized spacial score (nSPS) is 15.4. The van der Waals surface area contributed by atoms with Crippen LogP contribution in [0.2, 0.25) is 0 Å². The van der Waals surface area contributed by atoms with E-state index in [0.29, 0.717) is 42.0 Å². The van der Waals surface area contributed by atoms with Gasteiger partial charge in [-0.25, -0.2) is 9.79 Å². The molecule has 0 bridgehead atoms. The molecule has 2 heterocycles. The Hall–Kier alpha value is -3.37. The molecule has 0 saturated carbocycles. The van der Waals surface area contributed by atoms with Gasteiger partial charge in [0.05, 0.1) is 41.7 Å². The summed E-state index contributed by atoms with van der Waals surface area (Å²) < 4.78 is 18.9. The van der Waals surface area contributed by atoms with Gasteiger partial charge in [-0.05, 0) is 63.6 Å². The summed E-state index contributed by atoms with van der Waals surface area (Å²) in [4.78, 5) is 31.8. The lowest BCUT2D eigenvalue weighted by Gasteiger charge is -2.25. The number of nitrogens with zero attached hydrogens (tertiary/aromatic N) is 2. The topological polar surface area (TPSA) is 99.4 Å². The molecule has 1 aliphatic rings. The number of carbonyl (C=O) groups excluding carboxylic acids is 1. The lowest BCUT2D eigenvalue weighted by atomic mass is 9.96. The SMILES string of the molecule is CCOC(=O)C1=C(C)N=c2sc(=Cc3cc(Br)cc(OC)c3O)c(=O)n2[C@H]1c1ccc(OC(C)C)cc1. The zero-order valence-electron chi connectivity index (χ0n) is 21.1. The number of methoxy groups -OCH3 is 1. The number of rotatable bonds is 7. The van der Waals surface area contributed by atoms with Crippen molar-refractivity contribution in [3.8, 4) is 17.2 Å². The van der Waals surface area contributed by atoms with Gasteiger partial charge >= 0.3 is 5.97 Å². The zero-order valence-corrected chi connectivity index (χ0v) is 23.5. The fourth-order valence-corrected chi connectivity index (χ4v) is 5.60. The van der Waals surface area contributed by atoms with Gasteiger partial charge in [0.15, 0.2) is 16.3 Å². The molecule has 0 saturated heterocycles. The first-order chi connectivity index (χ1) is 17.6. The zero-order chi connectivity index (χ0) is 26.9. The van der Waals surface area contributed by atoms with Crippen molar-refractivity contribution in [2.45, 2.75) is 39.8 Å². The van der Waals surface area contributed by atoms with Crippen molar-refractivity contribution in [2.24, 2.45) is 4.99 Å². The van der Waals surface area contributed by atoms with Crippen LogP contribution < -0.4 is 24.4 Å². The standard InChI is InChI=1S/C27H27BrN2O6S/c1-6-35-26(33)22-15(4)29-27-30(23(22)16-7-9-19(10-8-16)36-14(2)3)25(32)21(37-27)12-17-11-18(28)13-20(34-5)24(17)31/h7-14,23,31H,6H2,1-5H3/t23-/m0/s1. The Morgan fingerprint density at radius 3 is 2.59 bits per heavy atom. The minimum Gasteiger partial charge on any atom is -0.504 e. The molecular weight excluding hydrogens is 560 g/mol. The lowest BCUT2D eigenvalue weighted by molar-refractivity contribution is -0.139. The van der Waals surface area contributed by atoms with Crippen molar-refractivity contribution in [3.63, 3.8) is 0 Å². The highest BCUT2D eigenvalue weighted by atomic mass is 79.9. The number of benzene rings is 2. The average Bonchev–Trinajstić information content (AvgIpc) is 3.14. The average molecular weight is 587 g/mol. The van der Waals surface area contributed by atoms with Crippen molar-refractivity contribution in [1.82, 2.24) is 4.57 Å². The molecule has 0 unspecified atom stereocenters. The van der Waals surface area contributed by atoms with Gasteiger partial charge < -0.3 is 19.3 Å². The van der Waals surface area contributed by atoms with Crippen LogP contribution in [0.4, 0.5) is 0 Å². The smallest absolute Gasteiger partial charge is 0.338 e. The predicted octanol–water partition coefficient (Wildman–Crippen LogP) is 4.06. The van der Waals surface area contributed by atoms with Crippen LogP contribution in [0.25, 0.3) is 6.08 Å². The molecule has 0 fully saturated rings. The number of aromatic nitrogens is 1. The summed E-state index contributed by atoms with van der Waals surface area (Å²) in [5, 5.41) is 10.6. The van der Waals surface area contributed by atoms with E-state index in [1.165, 1.54) is 23.0 Å². The first-order valence-corrected chi connectivity index (χ1v) is 13.3. The molecule has 0 amide bonds. The van der Waals surface area contributed by atoms with Crippen molar-refractivity contribution >= 4 is 39.3 Å². The molecule has 0 radical (unpaired) electrons. The Morgan fingerprint density at radius 2 is 1.97 bits per heavy atom. The number of phenols is 1. The third kappa shape index (κ3) is 5.35. The first-order valence-electron chi connectivity index (χ1n) is 11.7. The highest BCUT2D eigenvalue weighted by molar-refractivity contribution is 9.10. The first kappa shape index (κ1) is 26.7. The largest absolute Gasteiger partial charge is 0.504 e. The van der Waals surface area contributed by atoms with Crippen LogP contribution >= 0.6 is 27.3 Å². The number of halogens is 1. The molecule has 3 aromatic rings. The van der Waals surface area contributed by atoms with Crippen molar-refractivity contribution in [3.05, 3.63) is 83.0 Å². The number of hydrogen-bond donors (Lipinski definition) is 1. The molecule has 194 valence electrons. The minimum atomic E-state index is -0.740. The van der Waals surface area contributed by atoms with E-state index >= 15 is 0 Å². The molecule has 2 aromatic carbocycles. The number of ether oxygens (including phenoxy) is 3. The van der Waals surface area contributed by atoms with Gasteiger partial charge in [0.25, 0.3) is 5.56 Å². The van der Waals surface area contributed by atoms with Crippen molar-refractivity contribution in [1.29, 1.82) is 0 Å². The van der Waals surface area contributed by atoms with Crippen LogP contribution in [0.15, 0.2) is 61.9 Å². The fourth-order valence-electron chi connectivity index (χ4n) is 4.11. The van der Waals surface area contributed by atoms with Gasteiger partial charge in [0, 0.05) is 10.0 Å². The number of carbonyl (C=O) groups is 1. The molecule has 0 aliphatic carbocycles. The van der Waals surface area contributed by atoms with Gasteiger partial charge in [-0.2, -0.15) is 0 Å². The quantitative estimate of drug-likeness (QED) is 0.419. The Labute approximate surface area is 226 Å². The number of hydrogen-bond acceptors (Lipinski definition) is 8. The van der Waals surface area contributed by atoms with E-state index in [0.717, 1.165) is 0 Å². The van der Waals surface area contributed by atoms with E-state index < -0.39 is 12.0 Å². The highest BCUT2D eigenvalue weighted by Crippen LogP contribution is 2.34. The number of aromatic hydroxyl groups is 1. The number of fused-ring (bicyclic) bond motifs is 1. The predicted molar refractivity (Wildman–Crippen MR) is 145 cm³/mol. The number of allylic oxidation sites excluding steroid dienone is 1. The van der Waals surface area contributed by atoms with Gasteiger partial charge in [-0.3, -0.25) is 9.36 Å². The van der Waals surface area contributed by atoms with Gasteiger partial charge in [0.1, 0.15) is 5.75 Å². The number of esters is 1. The summed E-state index contributed by atoms with van der Waals surface area (Å²) in [6.07, 6.45) is 1.60. The number of phenolic OH excluding ortho intramolecular Hbond substituents is 1. The van der Waals surface area contributed by atoms with Crippen LogP contribution in [-0.4, -0.2) is 35.5 Å². The molecule has 8 nitrogen and oxygen atoms in total. The Kier molecular flexibility index (Phi) is 7.89. The monoisotopic (exact) mass is 586 g/mol. The van der Waals surface area contributed by atoms with Crippen LogP contribution in [0.5, 0.6) is 17.2 Å². The van der Waals surface area contributed by atoms with E-state index in [2.05, 4.69) is 20.9 Å². The Bertz CT molecular complexity index is 1550. The minimum absolute atomic E-state index is 0.00817. The maximum absolute atomic E-state index is 13.8. The third-order valence-corrected chi connectivity index (χ3v) is 7.10. The van der Waals surface area contributed by atoms with E-state index in [1.807, 2.05) is 38.1 Å². The Balaban J connectivity index is 1.93. The molecular formula is C27H27BrN2O6S. The van der Waals surface area contributed by atoms with E-state index in [4.69, 9.17) is 14.2 Å². The van der Waals surface area contributed by atoms with Crippen LogP contribution in [0, 0.1) is 0 Å². The summed E-state index contributed by atoms with van der Waals surface area (Å²) in [6.45, 7) is 7.54. The molecule has 1 atom stereocenters. The van der Waals surface area contributed by atoms with E-state index in [9.17, 15) is 14.7 Å². The fraction of sp³-hybridized carbons (Fsp3) is 0.296. The van der Waals surface area contributed by atoms with Crippen LogP contribution in [-0.2, 0) is 9.53 Å². The second-order valence-corrected chi connectivity index (χ2v) is 10.5. The molecule has 1 aliphatic heterocycles. The lowest BCUT2D eigenvalue weighted by Crippen LogP contribution is -2.39. The third-order valence-electron chi connectivity index (χ3n) is 5.66. The maximum atomic E-state index is 13.8. The van der Waals surface area contributed by atoms with E-state index in [-0.39, 0.29) is 29.8 Å². The summed E-state index contributed by atoms with van der Waals surface area (Å²) in [6, 6.07) is 9.89.